The SMILES string of the molecule is NCCNP=O. The van der Waals surface area contributed by atoms with Crippen molar-refractivity contribution in [3.8, 4) is 0 Å². The Morgan fingerprint density at radius 3 is 2.67 bits per heavy atom. The molecule has 0 aliphatic carbocycles. The number of nitrogens with one attached hydrogen (secondary N) is 1. The van der Waals surface area contributed by atoms with Gasteiger partial charge in [-0.1, -0.05) is 0 Å². The first kappa shape index (κ1) is 6.02. The fraction of sp³-hybridized carbons (Fsp3) is 1.00. The average Bonchev–Trinajstić information content (AvgIpc) is 1.61. The smallest absolute Gasteiger partial charge is 0.246 e. The van der Waals surface area contributed by atoms with Gasteiger partial charge in [0.1, 0.15) is 0 Å². The van der Waals surface area contributed by atoms with Gasteiger partial charge >= 0.3 is 0 Å². The highest BCUT2D eigenvalue weighted by Gasteiger charge is 1.72. The molecular formula is C2H7N2OP. The molecular weight excluding hydrogens is 99.0 g/mol. The Kier molecular flexibility index (Phi) is 5.04. The van der Waals surface area contributed by atoms with E-state index in [2.05, 4.69) is 5.09 Å². The van der Waals surface area contributed by atoms with Crippen LogP contribution in [-0.2, 0) is 4.57 Å². The van der Waals surface area contributed by atoms with E-state index in [0.29, 0.717) is 13.1 Å². The minimum Gasteiger partial charge on any atom is -0.329 e. The summed E-state index contributed by atoms with van der Waals surface area (Å²) in [6, 6.07) is 0. The molecule has 3 N–H and O–H groups in total. The summed E-state index contributed by atoms with van der Waals surface area (Å²) < 4.78 is 9.49. The van der Waals surface area contributed by atoms with E-state index >= 15 is 0 Å². The molecule has 36 valence electrons. The predicted octanol–water partition coefficient (Wildman–Crippen LogP) is -0.259. The van der Waals surface area contributed by atoms with E-state index in [1.165, 1.54) is 0 Å². The molecule has 0 saturated heterocycles. The zero-order valence-electron chi connectivity index (χ0n) is 3.35. The van der Waals surface area contributed by atoms with Crippen LogP contribution in [0.1, 0.15) is 0 Å². The molecule has 0 rings (SSSR count). The lowest BCUT2D eigenvalue weighted by Gasteiger charge is -1.82. The van der Waals surface area contributed by atoms with Gasteiger partial charge in [0, 0.05) is 13.1 Å². The normalized spacial score (nSPS) is 9.50. The van der Waals surface area contributed by atoms with Gasteiger partial charge in [-0.2, -0.15) is 0 Å². The van der Waals surface area contributed by atoms with Gasteiger partial charge in [0.15, 0.2) is 0 Å². The molecule has 0 aliphatic heterocycles. The second-order valence-electron chi connectivity index (χ2n) is 0.788. The molecule has 0 unspecified atom stereocenters. The largest absolute Gasteiger partial charge is 0.329 e. The summed E-state index contributed by atoms with van der Waals surface area (Å²) in [6.45, 7) is 1.15. The van der Waals surface area contributed by atoms with Crippen molar-refractivity contribution < 1.29 is 4.57 Å². The minimum absolute atomic E-state index is 0.0346. The van der Waals surface area contributed by atoms with Crippen LogP contribution in [0.15, 0.2) is 0 Å². The molecule has 0 aliphatic rings. The van der Waals surface area contributed by atoms with Crippen LogP contribution >= 0.6 is 8.61 Å². The van der Waals surface area contributed by atoms with Gasteiger partial charge in [0.25, 0.3) is 0 Å². The maximum atomic E-state index is 9.49. The number of hydrogen-bond donors (Lipinski definition) is 2. The Morgan fingerprint density at radius 1 is 1.83 bits per heavy atom. The van der Waals surface area contributed by atoms with E-state index < -0.39 is 0 Å². The van der Waals surface area contributed by atoms with Crippen molar-refractivity contribution in [2.45, 2.75) is 0 Å². The monoisotopic (exact) mass is 106 g/mol. The van der Waals surface area contributed by atoms with Gasteiger partial charge in [0.05, 0.1) is 0 Å². The average molecular weight is 106 g/mol. The zero-order chi connectivity index (χ0) is 4.83. The number of hydrogen-bond acceptors (Lipinski definition) is 2. The standard InChI is InChI=1S/C2H7N2OP/c3-1-2-4-6-5/h1-3H2,(H,4,5). The van der Waals surface area contributed by atoms with Crippen molar-refractivity contribution in [2.75, 3.05) is 13.1 Å². The van der Waals surface area contributed by atoms with Gasteiger partial charge < -0.3 is 5.73 Å². The van der Waals surface area contributed by atoms with Crippen molar-refractivity contribution in [3.05, 3.63) is 0 Å². The van der Waals surface area contributed by atoms with Crippen LogP contribution in [-0.4, -0.2) is 13.1 Å². The molecule has 0 atom stereocenters. The Bertz CT molecular complexity index is 40.5. The van der Waals surface area contributed by atoms with E-state index in [4.69, 9.17) is 5.73 Å². The molecule has 3 nitrogen and oxygen atoms in total. The lowest BCUT2D eigenvalue weighted by molar-refractivity contribution is 0.591. The van der Waals surface area contributed by atoms with Crippen LogP contribution in [0.25, 0.3) is 0 Å². The molecule has 0 aromatic heterocycles. The second kappa shape index (κ2) is 5.02. The van der Waals surface area contributed by atoms with Crippen molar-refractivity contribution in [3.63, 3.8) is 0 Å². The summed E-state index contributed by atoms with van der Waals surface area (Å²) in [6.07, 6.45) is 0. The van der Waals surface area contributed by atoms with E-state index in [9.17, 15) is 4.57 Å². The predicted molar refractivity (Wildman–Crippen MR) is 24.7 cm³/mol. The Hall–Kier alpha value is 0.0200. The molecule has 0 aromatic carbocycles. The minimum atomic E-state index is -0.0346. The number of rotatable bonds is 3. The molecule has 4 heteroatoms. The summed E-state index contributed by atoms with van der Waals surface area (Å²) in [5, 5.41) is 2.49. The van der Waals surface area contributed by atoms with Crippen LogP contribution in [0.3, 0.4) is 0 Å². The third-order valence-corrected chi connectivity index (χ3v) is 0.673. The van der Waals surface area contributed by atoms with Gasteiger partial charge in [-0.3, -0.25) is 4.57 Å². The summed E-state index contributed by atoms with van der Waals surface area (Å²) in [5.41, 5.74) is 5.01. The molecule has 0 aromatic rings. The fourth-order valence-electron chi connectivity index (χ4n) is 0.110. The van der Waals surface area contributed by atoms with Crippen molar-refractivity contribution >= 4 is 8.61 Å². The van der Waals surface area contributed by atoms with Crippen molar-refractivity contribution in [1.82, 2.24) is 5.09 Å². The highest BCUT2D eigenvalue weighted by atomic mass is 31.1. The summed E-state index contributed by atoms with van der Waals surface area (Å²) in [7, 11) is -0.0346. The highest BCUT2D eigenvalue weighted by Crippen LogP contribution is 1.73. The first-order valence-corrected chi connectivity index (χ1v) is 2.48. The van der Waals surface area contributed by atoms with E-state index in [-0.39, 0.29) is 8.61 Å². The molecule has 0 amide bonds. The lowest BCUT2D eigenvalue weighted by Crippen LogP contribution is -2.13. The summed E-state index contributed by atoms with van der Waals surface area (Å²) in [4.78, 5) is 0. The number of nitrogens with two attached hydrogens (primary N) is 1. The second-order valence-corrected chi connectivity index (χ2v) is 1.29. The molecule has 0 heterocycles. The van der Waals surface area contributed by atoms with Gasteiger partial charge in [-0.05, 0) is 0 Å². The highest BCUT2D eigenvalue weighted by molar-refractivity contribution is 7.21. The molecule has 0 spiro atoms. The quantitative estimate of drug-likeness (QED) is 0.385. The Balaban J connectivity index is 2.49. The van der Waals surface area contributed by atoms with Crippen LogP contribution in [0, 0.1) is 0 Å². The van der Waals surface area contributed by atoms with Crippen LogP contribution in [0.2, 0.25) is 0 Å². The first-order chi connectivity index (χ1) is 2.91. The van der Waals surface area contributed by atoms with Gasteiger partial charge in [-0.15, -0.1) is 0 Å². The Morgan fingerprint density at radius 2 is 2.50 bits per heavy atom. The maximum absolute atomic E-state index is 9.49. The third kappa shape index (κ3) is 4.02. The maximum Gasteiger partial charge on any atom is 0.246 e. The molecule has 0 bridgehead atoms. The van der Waals surface area contributed by atoms with Gasteiger partial charge in [0.2, 0.25) is 8.61 Å². The van der Waals surface area contributed by atoms with Gasteiger partial charge in [-0.25, -0.2) is 5.09 Å². The van der Waals surface area contributed by atoms with E-state index in [1.54, 1.807) is 0 Å². The summed E-state index contributed by atoms with van der Waals surface area (Å²) in [5.74, 6) is 0. The van der Waals surface area contributed by atoms with E-state index in [1.807, 2.05) is 0 Å². The van der Waals surface area contributed by atoms with Crippen LogP contribution in [0.4, 0.5) is 0 Å². The molecule has 0 radical (unpaired) electrons. The topological polar surface area (TPSA) is 55.1 Å². The zero-order valence-corrected chi connectivity index (χ0v) is 4.24. The molecule has 0 saturated carbocycles. The lowest BCUT2D eigenvalue weighted by atomic mass is 10.7. The summed E-state index contributed by atoms with van der Waals surface area (Å²) >= 11 is 0. The fourth-order valence-corrected chi connectivity index (χ4v) is 0.331. The van der Waals surface area contributed by atoms with Crippen LogP contribution in [0.5, 0.6) is 0 Å². The Labute approximate surface area is 38.2 Å². The molecule has 6 heavy (non-hydrogen) atoms. The third-order valence-electron chi connectivity index (χ3n) is 0.321. The van der Waals surface area contributed by atoms with Crippen LogP contribution < -0.4 is 10.8 Å². The first-order valence-electron chi connectivity index (χ1n) is 1.67. The van der Waals surface area contributed by atoms with Crippen molar-refractivity contribution in [2.24, 2.45) is 5.73 Å². The van der Waals surface area contributed by atoms with Crippen molar-refractivity contribution in [1.29, 1.82) is 0 Å². The molecule has 0 fully saturated rings. The van der Waals surface area contributed by atoms with E-state index in [0.717, 1.165) is 0 Å².